The largest absolute Gasteiger partial charge is 0.481 e. The molecular formula is C24H30N2O4. The van der Waals surface area contributed by atoms with Gasteiger partial charge in [-0.2, -0.15) is 0 Å². The van der Waals surface area contributed by atoms with E-state index < -0.39 is 11.9 Å². The van der Waals surface area contributed by atoms with Crippen LogP contribution in [0.15, 0.2) is 18.2 Å². The first-order valence-electron chi connectivity index (χ1n) is 10.5. The van der Waals surface area contributed by atoms with Gasteiger partial charge in [-0.3, -0.25) is 9.59 Å². The lowest BCUT2D eigenvalue weighted by molar-refractivity contribution is -0.146. The van der Waals surface area contributed by atoms with Gasteiger partial charge in [0.25, 0.3) is 0 Å². The van der Waals surface area contributed by atoms with E-state index in [-0.39, 0.29) is 18.4 Å². The van der Waals surface area contributed by atoms with Crippen LogP contribution in [0.3, 0.4) is 0 Å². The molecule has 3 rings (SSSR count). The van der Waals surface area contributed by atoms with Crippen LogP contribution in [0.25, 0.3) is 0 Å². The smallest absolute Gasteiger partial charge is 0.316 e. The molecule has 0 saturated heterocycles. The highest BCUT2D eigenvalue weighted by Crippen LogP contribution is 2.41. The Balaban J connectivity index is 2.18. The zero-order chi connectivity index (χ0) is 22.2. The number of aromatic nitrogens is 1. The van der Waals surface area contributed by atoms with Gasteiger partial charge >= 0.3 is 5.97 Å². The van der Waals surface area contributed by atoms with Crippen molar-refractivity contribution in [3.05, 3.63) is 46.1 Å². The average Bonchev–Trinajstić information content (AvgIpc) is 2.66. The number of benzene rings is 1. The minimum Gasteiger partial charge on any atom is -0.481 e. The Bertz CT molecular complexity index is 972. The molecule has 1 amide bonds. The van der Waals surface area contributed by atoms with Gasteiger partial charge in [0.05, 0.1) is 5.69 Å². The lowest BCUT2D eigenvalue weighted by Crippen LogP contribution is -2.49. The highest BCUT2D eigenvalue weighted by molar-refractivity contribution is 6.08. The zero-order valence-electron chi connectivity index (χ0n) is 18.6. The van der Waals surface area contributed by atoms with E-state index in [1.54, 1.807) is 4.90 Å². The van der Waals surface area contributed by atoms with Gasteiger partial charge in [-0.1, -0.05) is 31.5 Å². The number of carboxylic acids is 1. The summed E-state index contributed by atoms with van der Waals surface area (Å²) in [6, 6.07) is 5.89. The summed E-state index contributed by atoms with van der Waals surface area (Å²) in [6.45, 7) is 11.9. The number of ether oxygens (including phenoxy) is 1. The molecule has 0 radical (unpaired) electrons. The Kier molecular flexibility index (Phi) is 6.15. The van der Waals surface area contributed by atoms with E-state index in [1.165, 1.54) is 0 Å². The molecule has 1 N–H and O–H groups in total. The number of aliphatic carboxylic acids is 1. The van der Waals surface area contributed by atoms with Crippen molar-refractivity contribution in [3.63, 3.8) is 0 Å². The minimum atomic E-state index is -1.13. The lowest BCUT2D eigenvalue weighted by atomic mass is 9.90. The number of hydrogen-bond donors (Lipinski definition) is 1. The number of carboxylic acid groups (broad SMARTS) is 1. The van der Waals surface area contributed by atoms with Crippen LogP contribution in [0.1, 0.15) is 54.6 Å². The predicted molar refractivity (Wildman–Crippen MR) is 116 cm³/mol. The highest BCUT2D eigenvalue weighted by Gasteiger charge is 2.41. The first-order valence-corrected chi connectivity index (χ1v) is 10.5. The molecule has 0 fully saturated rings. The van der Waals surface area contributed by atoms with E-state index in [0.29, 0.717) is 11.4 Å². The summed E-state index contributed by atoms with van der Waals surface area (Å²) >= 11 is 0. The molecule has 2 aromatic rings. The summed E-state index contributed by atoms with van der Waals surface area (Å²) in [5.41, 5.74) is 5.25. The van der Waals surface area contributed by atoms with Crippen LogP contribution in [0.5, 0.6) is 11.6 Å². The van der Waals surface area contributed by atoms with Crippen molar-refractivity contribution < 1.29 is 19.4 Å². The Hall–Kier alpha value is -2.89. The van der Waals surface area contributed by atoms with Crippen molar-refractivity contribution >= 4 is 17.6 Å². The predicted octanol–water partition coefficient (Wildman–Crippen LogP) is 4.89. The first-order chi connectivity index (χ1) is 14.2. The fourth-order valence-corrected chi connectivity index (χ4v) is 4.37. The van der Waals surface area contributed by atoms with Crippen LogP contribution in [0.2, 0.25) is 0 Å². The second-order valence-electron chi connectivity index (χ2n) is 8.17. The second kappa shape index (κ2) is 8.46. The third kappa shape index (κ3) is 3.91. The summed E-state index contributed by atoms with van der Waals surface area (Å²) in [5.74, 6) is -1.50. The van der Waals surface area contributed by atoms with Gasteiger partial charge < -0.3 is 14.7 Å². The zero-order valence-corrected chi connectivity index (χ0v) is 18.6. The van der Waals surface area contributed by atoms with Gasteiger partial charge in [-0.25, -0.2) is 4.98 Å². The maximum Gasteiger partial charge on any atom is 0.316 e. The topological polar surface area (TPSA) is 79.7 Å². The first kappa shape index (κ1) is 21.8. The SMILES string of the molecule is CCC(CC)N1C(=O)C(C(=O)O)Cc2c1cc(C)nc2Oc1c(C)cc(C)cc1C. The third-order valence-electron chi connectivity index (χ3n) is 5.80. The molecule has 1 aromatic heterocycles. The van der Waals surface area contributed by atoms with Gasteiger partial charge in [0.15, 0.2) is 0 Å². The molecule has 1 unspecified atom stereocenters. The number of amides is 1. The number of nitrogens with zero attached hydrogens (tertiary/aromatic N) is 2. The summed E-state index contributed by atoms with van der Waals surface area (Å²) in [4.78, 5) is 31.3. The number of aryl methyl sites for hydroxylation is 4. The van der Waals surface area contributed by atoms with Crippen LogP contribution in [0, 0.1) is 33.6 Å². The number of carbonyl (C=O) groups is 2. The molecule has 2 heterocycles. The van der Waals surface area contributed by atoms with Gasteiger partial charge in [0, 0.05) is 23.7 Å². The molecular weight excluding hydrogens is 380 g/mol. The van der Waals surface area contributed by atoms with Gasteiger partial charge in [-0.15, -0.1) is 0 Å². The molecule has 0 bridgehead atoms. The molecule has 0 saturated carbocycles. The Labute approximate surface area is 177 Å². The number of hydrogen-bond acceptors (Lipinski definition) is 4. The molecule has 160 valence electrons. The molecule has 6 heteroatoms. The van der Waals surface area contributed by atoms with Crippen LogP contribution in [-0.4, -0.2) is 28.0 Å². The fraction of sp³-hybridized carbons (Fsp3) is 0.458. The molecule has 6 nitrogen and oxygen atoms in total. The highest BCUT2D eigenvalue weighted by atomic mass is 16.5. The number of fused-ring (bicyclic) bond motifs is 1. The molecule has 1 aromatic carbocycles. The summed E-state index contributed by atoms with van der Waals surface area (Å²) in [7, 11) is 0. The van der Waals surface area contributed by atoms with Crippen molar-refractivity contribution in [3.8, 4) is 11.6 Å². The van der Waals surface area contributed by atoms with E-state index in [2.05, 4.69) is 4.98 Å². The summed E-state index contributed by atoms with van der Waals surface area (Å²) in [5, 5.41) is 9.72. The lowest BCUT2D eigenvalue weighted by Gasteiger charge is -2.38. The number of pyridine rings is 1. The Morgan fingerprint density at radius 3 is 2.30 bits per heavy atom. The standard InChI is InChI=1S/C24H30N2O4/c1-7-17(8-2)26-20-11-16(6)25-22(18(20)12-19(23(26)27)24(28)29)30-21-14(4)9-13(3)10-15(21)5/h9-11,17,19H,7-8,12H2,1-6H3,(H,28,29). The van der Waals surface area contributed by atoms with E-state index >= 15 is 0 Å². The van der Waals surface area contributed by atoms with E-state index in [1.807, 2.05) is 59.7 Å². The maximum absolute atomic E-state index is 13.1. The van der Waals surface area contributed by atoms with Crippen LogP contribution in [0.4, 0.5) is 5.69 Å². The normalized spacial score (nSPS) is 16.0. The minimum absolute atomic E-state index is 0.0732. The van der Waals surface area contributed by atoms with Crippen LogP contribution in [-0.2, 0) is 16.0 Å². The maximum atomic E-state index is 13.1. The van der Waals surface area contributed by atoms with Gasteiger partial charge in [0.2, 0.25) is 11.8 Å². The van der Waals surface area contributed by atoms with Crippen molar-refractivity contribution in [1.29, 1.82) is 0 Å². The van der Waals surface area contributed by atoms with Gasteiger partial charge in [-0.05, 0) is 57.7 Å². The van der Waals surface area contributed by atoms with E-state index in [4.69, 9.17) is 4.74 Å². The van der Waals surface area contributed by atoms with Crippen LogP contribution >= 0.6 is 0 Å². The summed E-state index contributed by atoms with van der Waals surface area (Å²) in [6.07, 6.45) is 1.55. The Morgan fingerprint density at radius 2 is 1.77 bits per heavy atom. The monoisotopic (exact) mass is 410 g/mol. The van der Waals surface area contributed by atoms with Crippen molar-refractivity contribution in [2.45, 2.75) is 66.8 Å². The van der Waals surface area contributed by atoms with Crippen molar-refractivity contribution in [2.24, 2.45) is 5.92 Å². The fourth-order valence-electron chi connectivity index (χ4n) is 4.37. The summed E-state index contributed by atoms with van der Waals surface area (Å²) < 4.78 is 6.29. The van der Waals surface area contributed by atoms with E-state index in [9.17, 15) is 14.7 Å². The number of rotatable bonds is 6. The van der Waals surface area contributed by atoms with Gasteiger partial charge in [0.1, 0.15) is 11.7 Å². The van der Waals surface area contributed by atoms with Crippen molar-refractivity contribution in [2.75, 3.05) is 4.90 Å². The quantitative estimate of drug-likeness (QED) is 0.686. The van der Waals surface area contributed by atoms with Crippen molar-refractivity contribution in [1.82, 2.24) is 4.98 Å². The van der Waals surface area contributed by atoms with Crippen LogP contribution < -0.4 is 9.64 Å². The molecule has 1 atom stereocenters. The molecule has 1 aliphatic heterocycles. The molecule has 0 aliphatic carbocycles. The van der Waals surface area contributed by atoms with E-state index in [0.717, 1.165) is 46.7 Å². The number of anilines is 1. The number of carbonyl (C=O) groups excluding carboxylic acids is 1. The molecule has 1 aliphatic rings. The Morgan fingerprint density at radius 1 is 1.17 bits per heavy atom. The molecule has 0 spiro atoms. The molecule has 30 heavy (non-hydrogen) atoms. The average molecular weight is 411 g/mol. The second-order valence-corrected chi connectivity index (χ2v) is 8.17. The third-order valence-corrected chi connectivity index (χ3v) is 5.80.